The number of carbonyl (C=O) groups is 2. The van der Waals surface area contributed by atoms with Crippen LogP contribution in [0, 0.1) is 6.92 Å². The summed E-state index contributed by atoms with van der Waals surface area (Å²) in [4.78, 5) is 31.1. The minimum Gasteiger partial charge on any atom is -0.505 e. The Morgan fingerprint density at radius 1 is 1.21 bits per heavy atom. The average molecular weight is 390 g/mol. The highest BCUT2D eigenvalue weighted by molar-refractivity contribution is 6.02. The molecule has 6 nitrogen and oxygen atoms in total. The Balaban J connectivity index is 1.68. The fourth-order valence-corrected chi connectivity index (χ4v) is 4.08. The number of ether oxygens (including phenoxy) is 1. The number of aromatic nitrogens is 1. The van der Waals surface area contributed by atoms with Gasteiger partial charge in [-0.25, -0.2) is 4.79 Å². The fraction of sp³-hybridized carbons (Fsp3) is 0.261. The first-order chi connectivity index (χ1) is 14.0. The number of methoxy groups -OCH3 is 1. The average Bonchev–Trinajstić information content (AvgIpc) is 3.22. The maximum atomic E-state index is 13.3. The third-order valence-corrected chi connectivity index (χ3v) is 5.54. The number of esters is 1. The molecule has 1 aliphatic heterocycles. The van der Waals surface area contributed by atoms with Gasteiger partial charge in [-0.1, -0.05) is 18.2 Å². The smallest absolute Gasteiger partial charge is 0.337 e. The number of aryl methyl sites for hydroxylation is 1. The van der Waals surface area contributed by atoms with E-state index < -0.39 is 0 Å². The lowest BCUT2D eigenvalue weighted by molar-refractivity contribution is 0.0599. The number of benzene rings is 2. The summed E-state index contributed by atoms with van der Waals surface area (Å²) >= 11 is 0. The molecule has 0 radical (unpaired) electrons. The van der Waals surface area contributed by atoms with Gasteiger partial charge < -0.3 is 14.7 Å². The molecule has 1 amide bonds. The summed E-state index contributed by atoms with van der Waals surface area (Å²) in [5.41, 5.74) is 3.10. The zero-order valence-electron chi connectivity index (χ0n) is 16.4. The molecule has 2 aromatic carbocycles. The molecular formula is C23H22N2O4. The topological polar surface area (TPSA) is 79.7 Å². The largest absolute Gasteiger partial charge is 0.505 e. The number of hydrogen-bond donors (Lipinski definition) is 1. The number of rotatable bonds is 3. The van der Waals surface area contributed by atoms with E-state index in [9.17, 15) is 14.7 Å². The molecule has 3 aromatic rings. The quantitative estimate of drug-likeness (QED) is 0.684. The van der Waals surface area contributed by atoms with Gasteiger partial charge >= 0.3 is 5.97 Å². The summed E-state index contributed by atoms with van der Waals surface area (Å²) < 4.78 is 4.78. The molecule has 4 rings (SSSR count). The van der Waals surface area contributed by atoms with Gasteiger partial charge in [-0.15, -0.1) is 0 Å². The number of fused-ring (bicyclic) bond motifs is 1. The number of carbonyl (C=O) groups excluding carboxylic acids is 2. The highest BCUT2D eigenvalue weighted by atomic mass is 16.5. The molecule has 1 saturated heterocycles. The maximum absolute atomic E-state index is 13.3. The number of nitrogens with zero attached hydrogens (tertiary/aromatic N) is 2. The van der Waals surface area contributed by atoms with Crippen molar-refractivity contribution in [3.63, 3.8) is 0 Å². The van der Waals surface area contributed by atoms with E-state index in [4.69, 9.17) is 4.74 Å². The Morgan fingerprint density at radius 2 is 2.03 bits per heavy atom. The van der Waals surface area contributed by atoms with Crippen molar-refractivity contribution in [2.75, 3.05) is 13.7 Å². The molecule has 1 aromatic heterocycles. The van der Waals surface area contributed by atoms with Crippen LogP contribution in [-0.2, 0) is 4.74 Å². The normalized spacial score (nSPS) is 16.2. The van der Waals surface area contributed by atoms with E-state index in [1.165, 1.54) is 7.11 Å². The molecule has 1 N–H and O–H groups in total. The van der Waals surface area contributed by atoms with Crippen molar-refractivity contribution in [2.24, 2.45) is 0 Å². The van der Waals surface area contributed by atoms with E-state index in [1.807, 2.05) is 19.1 Å². The second-order valence-corrected chi connectivity index (χ2v) is 7.26. The van der Waals surface area contributed by atoms with Crippen molar-refractivity contribution in [1.29, 1.82) is 0 Å². The van der Waals surface area contributed by atoms with Gasteiger partial charge in [-0.05, 0) is 55.2 Å². The molecule has 1 aliphatic rings. The van der Waals surface area contributed by atoms with Gasteiger partial charge in [-0.2, -0.15) is 0 Å². The molecule has 0 bridgehead atoms. The van der Waals surface area contributed by atoms with Crippen molar-refractivity contribution in [1.82, 2.24) is 9.88 Å². The predicted molar refractivity (Wildman–Crippen MR) is 109 cm³/mol. The van der Waals surface area contributed by atoms with Crippen molar-refractivity contribution in [3.05, 3.63) is 70.9 Å². The van der Waals surface area contributed by atoms with Crippen LogP contribution in [0.2, 0.25) is 0 Å². The van der Waals surface area contributed by atoms with Gasteiger partial charge in [0.1, 0.15) is 5.52 Å². The number of phenols is 1. The van der Waals surface area contributed by atoms with Crippen molar-refractivity contribution >= 4 is 22.8 Å². The Morgan fingerprint density at radius 3 is 2.79 bits per heavy atom. The lowest BCUT2D eigenvalue weighted by Gasteiger charge is -2.27. The van der Waals surface area contributed by atoms with Gasteiger partial charge in [0, 0.05) is 18.1 Å². The number of likely N-dealkylation sites (tertiary alicyclic amines) is 1. The van der Waals surface area contributed by atoms with Crippen molar-refractivity contribution < 1.29 is 19.4 Å². The molecule has 0 saturated carbocycles. The van der Waals surface area contributed by atoms with Gasteiger partial charge in [0.05, 0.1) is 24.3 Å². The number of phenolic OH excluding ortho intramolecular Hbond substituents is 1. The van der Waals surface area contributed by atoms with Gasteiger partial charge in [0.25, 0.3) is 5.91 Å². The van der Waals surface area contributed by atoms with Crippen LogP contribution in [0.3, 0.4) is 0 Å². The van der Waals surface area contributed by atoms with E-state index in [2.05, 4.69) is 4.98 Å². The molecule has 0 spiro atoms. The van der Waals surface area contributed by atoms with Crippen LogP contribution in [0.5, 0.6) is 5.75 Å². The monoisotopic (exact) mass is 390 g/mol. The van der Waals surface area contributed by atoms with Crippen LogP contribution >= 0.6 is 0 Å². The van der Waals surface area contributed by atoms with E-state index in [0.717, 1.165) is 29.4 Å². The Kier molecular flexibility index (Phi) is 4.92. The van der Waals surface area contributed by atoms with E-state index in [0.29, 0.717) is 17.6 Å². The Hall–Kier alpha value is -3.41. The molecule has 1 atom stereocenters. The number of pyridine rings is 1. The van der Waals surface area contributed by atoms with Crippen molar-refractivity contribution in [2.45, 2.75) is 25.8 Å². The summed E-state index contributed by atoms with van der Waals surface area (Å²) in [6, 6.07) is 12.4. The predicted octanol–water partition coefficient (Wildman–Crippen LogP) is 4.01. The Labute approximate surface area is 168 Å². The number of amides is 1. The third kappa shape index (κ3) is 3.31. The van der Waals surface area contributed by atoms with Crippen molar-refractivity contribution in [3.8, 4) is 5.75 Å². The van der Waals surface area contributed by atoms with Crippen LogP contribution in [0.4, 0.5) is 0 Å². The molecule has 0 unspecified atom stereocenters. The van der Waals surface area contributed by atoms with Crippen LogP contribution in [0.1, 0.15) is 50.7 Å². The second kappa shape index (κ2) is 7.54. The number of hydrogen-bond acceptors (Lipinski definition) is 5. The SMILES string of the molecule is COC(=O)c1ccc([C@H]2CCCN2C(=O)c2ccc3cccnc3c2O)c(C)c1. The maximum Gasteiger partial charge on any atom is 0.337 e. The molecular weight excluding hydrogens is 368 g/mol. The van der Waals surface area contributed by atoms with Crippen LogP contribution in [0.15, 0.2) is 48.7 Å². The minimum atomic E-state index is -0.382. The first kappa shape index (κ1) is 18.9. The zero-order chi connectivity index (χ0) is 20.5. The van der Waals surface area contributed by atoms with Crippen LogP contribution < -0.4 is 0 Å². The van der Waals surface area contributed by atoms with E-state index in [1.54, 1.807) is 41.4 Å². The van der Waals surface area contributed by atoms with E-state index >= 15 is 0 Å². The molecule has 0 aliphatic carbocycles. The van der Waals surface area contributed by atoms with Gasteiger partial charge in [0.2, 0.25) is 0 Å². The van der Waals surface area contributed by atoms with Gasteiger partial charge in [-0.3, -0.25) is 9.78 Å². The highest BCUT2D eigenvalue weighted by Gasteiger charge is 2.33. The zero-order valence-corrected chi connectivity index (χ0v) is 16.4. The van der Waals surface area contributed by atoms with Gasteiger partial charge in [0.15, 0.2) is 5.75 Å². The molecule has 2 heterocycles. The standard InChI is InChI=1S/C23H22N2O4/c1-14-13-16(23(28)29-2)8-9-17(14)19-6-4-12-25(19)22(27)18-10-7-15-5-3-11-24-20(15)21(18)26/h3,5,7-11,13,19,26H,4,6,12H2,1-2H3/t19-/m1/s1. The van der Waals surface area contributed by atoms with Crippen LogP contribution in [-0.4, -0.2) is 40.5 Å². The first-order valence-electron chi connectivity index (χ1n) is 9.58. The molecule has 1 fully saturated rings. The second-order valence-electron chi connectivity index (χ2n) is 7.26. The Bertz CT molecular complexity index is 1110. The lowest BCUT2D eigenvalue weighted by atomic mass is 9.96. The summed E-state index contributed by atoms with van der Waals surface area (Å²) in [5, 5.41) is 11.4. The molecule has 6 heteroatoms. The third-order valence-electron chi connectivity index (χ3n) is 5.54. The summed E-state index contributed by atoms with van der Waals surface area (Å²) in [5.74, 6) is -0.682. The lowest BCUT2D eigenvalue weighted by Crippen LogP contribution is -2.31. The fourth-order valence-electron chi connectivity index (χ4n) is 4.08. The number of aromatic hydroxyl groups is 1. The molecule has 148 valence electrons. The first-order valence-corrected chi connectivity index (χ1v) is 9.58. The summed E-state index contributed by atoms with van der Waals surface area (Å²) in [7, 11) is 1.36. The summed E-state index contributed by atoms with van der Waals surface area (Å²) in [6.07, 6.45) is 3.30. The van der Waals surface area contributed by atoms with Crippen LogP contribution in [0.25, 0.3) is 10.9 Å². The minimum absolute atomic E-state index is 0.0866. The van der Waals surface area contributed by atoms with E-state index in [-0.39, 0.29) is 29.2 Å². The molecule has 29 heavy (non-hydrogen) atoms. The summed E-state index contributed by atoms with van der Waals surface area (Å²) in [6.45, 7) is 2.54. The highest BCUT2D eigenvalue weighted by Crippen LogP contribution is 2.37.